The van der Waals surface area contributed by atoms with Gasteiger partial charge in [-0.3, -0.25) is 19.5 Å². The van der Waals surface area contributed by atoms with E-state index in [2.05, 4.69) is 25.5 Å². The quantitative estimate of drug-likeness (QED) is 0.105. The number of guanidine groups is 1. The van der Waals surface area contributed by atoms with E-state index >= 15 is 0 Å². The van der Waals surface area contributed by atoms with Crippen LogP contribution in [0.15, 0.2) is 49.5 Å². The van der Waals surface area contributed by atoms with Crippen LogP contribution in [0.3, 0.4) is 0 Å². The van der Waals surface area contributed by atoms with Gasteiger partial charge in [-0.25, -0.2) is 14.8 Å². The number of pyridine rings is 1. The number of anilines is 1. The third kappa shape index (κ3) is 5.97. The molecule has 1 saturated heterocycles. The van der Waals surface area contributed by atoms with Gasteiger partial charge in [0.05, 0.1) is 5.69 Å². The van der Waals surface area contributed by atoms with Gasteiger partial charge in [0, 0.05) is 38.9 Å². The van der Waals surface area contributed by atoms with Crippen molar-refractivity contribution in [3.05, 3.63) is 50.6 Å². The molecular weight excluding hydrogens is 587 g/mol. The molecule has 8 N–H and O–H groups in total. The van der Waals surface area contributed by atoms with E-state index < -0.39 is 40.6 Å². The fraction of sp³-hybridized carbons (Fsp3) is 0.333. The van der Waals surface area contributed by atoms with Crippen LogP contribution in [-0.4, -0.2) is 66.6 Å². The normalized spacial score (nSPS) is 19.9. The number of β-lactam (4-membered cyclic amide) rings is 1. The number of nitrogens with zero attached hydrogens (tertiary/aromatic N) is 5. The molecular formula is C21H23N9O5S4. The van der Waals surface area contributed by atoms with E-state index in [-0.39, 0.29) is 28.2 Å². The van der Waals surface area contributed by atoms with Gasteiger partial charge in [0.2, 0.25) is 6.04 Å². The third-order valence-corrected chi connectivity index (χ3v) is 9.85. The number of carboxylic acids is 1. The lowest BCUT2D eigenvalue weighted by Gasteiger charge is -2.49. The third-order valence-electron chi connectivity index (χ3n) is 5.51. The first-order valence-electron chi connectivity index (χ1n) is 11.2. The minimum atomic E-state index is -1.49. The zero-order valence-corrected chi connectivity index (χ0v) is 23.5. The molecule has 0 aromatic carbocycles. The highest BCUT2D eigenvalue weighted by Crippen LogP contribution is 2.47. The molecule has 4 atom stereocenters. The largest absolute Gasteiger partial charge is 0.477 e. The first-order chi connectivity index (χ1) is 18.7. The number of carbonyl (C=O) groups excluding carboxylic acids is 2. The summed E-state index contributed by atoms with van der Waals surface area (Å²) >= 11 is 5.00. The molecule has 2 unspecified atom stereocenters. The summed E-state index contributed by atoms with van der Waals surface area (Å²) in [5.41, 5.74) is 17.4. The Kier molecular flexibility index (Phi) is 8.98. The van der Waals surface area contributed by atoms with Gasteiger partial charge < -0.3 is 27.6 Å². The molecule has 1 fully saturated rings. The second-order valence-corrected chi connectivity index (χ2v) is 12.5. The van der Waals surface area contributed by atoms with Crippen LogP contribution in [0.2, 0.25) is 0 Å². The number of nitroso groups, excluding NO2 is 1. The topological polar surface area (TPSA) is 232 Å². The van der Waals surface area contributed by atoms with Crippen molar-refractivity contribution < 1.29 is 19.5 Å². The summed E-state index contributed by atoms with van der Waals surface area (Å²) in [4.78, 5) is 64.1. The lowest BCUT2D eigenvalue weighted by atomic mass is 10.0. The number of nitrogens with two attached hydrogens (primary N) is 3. The highest BCUT2D eigenvalue weighted by Gasteiger charge is 2.55. The number of carboxylic acid groups (broad SMARTS) is 1. The Labute approximate surface area is 238 Å². The molecule has 2 amide bonds. The molecule has 0 bridgehead atoms. The second kappa shape index (κ2) is 12.2. The Morgan fingerprint density at radius 1 is 1.38 bits per heavy atom. The van der Waals surface area contributed by atoms with E-state index in [9.17, 15) is 24.4 Å². The first-order valence-corrected chi connectivity index (χ1v) is 15.0. The fourth-order valence-corrected chi connectivity index (χ4v) is 7.99. The molecule has 2 aliphatic heterocycles. The van der Waals surface area contributed by atoms with Crippen molar-refractivity contribution in [2.45, 2.75) is 34.7 Å². The number of aliphatic imine (C=N–C) groups is 1. The summed E-state index contributed by atoms with van der Waals surface area (Å²) < 4.78 is 0. The summed E-state index contributed by atoms with van der Waals surface area (Å²) in [5.74, 6) is -1.85. The molecule has 2 aromatic rings. The molecule has 4 heterocycles. The lowest BCUT2D eigenvalue weighted by molar-refractivity contribution is -0.150. The van der Waals surface area contributed by atoms with Gasteiger partial charge >= 0.3 is 5.97 Å². The van der Waals surface area contributed by atoms with E-state index in [0.29, 0.717) is 21.1 Å². The van der Waals surface area contributed by atoms with Crippen molar-refractivity contribution in [3.63, 3.8) is 0 Å². The maximum Gasteiger partial charge on any atom is 0.353 e. The Hall–Kier alpha value is -3.35. The summed E-state index contributed by atoms with van der Waals surface area (Å²) in [7, 11) is 0. The van der Waals surface area contributed by atoms with Crippen molar-refractivity contribution in [2.75, 3.05) is 17.2 Å². The minimum Gasteiger partial charge on any atom is -0.477 e. The Bertz CT molecular complexity index is 1360. The number of amides is 2. The predicted molar refractivity (Wildman–Crippen MR) is 152 cm³/mol. The van der Waals surface area contributed by atoms with Gasteiger partial charge in [0.25, 0.3) is 11.8 Å². The van der Waals surface area contributed by atoms with Crippen LogP contribution in [0.25, 0.3) is 0 Å². The van der Waals surface area contributed by atoms with Gasteiger partial charge in [-0.2, -0.15) is 0 Å². The molecule has 18 heteroatoms. The van der Waals surface area contributed by atoms with Crippen molar-refractivity contribution >= 4 is 75.5 Å². The summed E-state index contributed by atoms with van der Waals surface area (Å²) in [6, 6.07) is -0.792. The number of fused-ring (bicyclic) bond motifs is 1. The maximum atomic E-state index is 13.1. The Morgan fingerprint density at radius 3 is 2.77 bits per heavy atom. The number of thioether (sulfide) groups is 3. The van der Waals surface area contributed by atoms with Crippen molar-refractivity contribution in [2.24, 2.45) is 21.6 Å². The van der Waals surface area contributed by atoms with Crippen LogP contribution in [-0.2, 0) is 14.4 Å². The van der Waals surface area contributed by atoms with Crippen molar-refractivity contribution in [1.82, 2.24) is 20.2 Å². The molecule has 14 nitrogen and oxygen atoms in total. The molecule has 0 saturated carbocycles. The summed E-state index contributed by atoms with van der Waals surface area (Å²) in [5, 5.41) is 15.9. The molecule has 0 spiro atoms. The standard InChI is InChI=1S/C21H23N9O5S4/c1-2-36-16(28-20(22)23)8-5-25-4-3-10(8)39-11-7-37-18-13(17(32)30(18)14(11)19(33)34)27-15(31)12(29-35)9-6-38-21(24)26-9/h3-6,12-13,16,18H,2,7H2,1H3,(H2,24,26)(H,27,31)(H,33,34)(H4,22,23,28)/t12?,13-,16?,18+/m1/s1. The first kappa shape index (κ1) is 28.7. The SMILES string of the molecule is CCSC(N=C(N)N)c1cnccc1SC1=C(C(=O)O)N2C(=O)[C@@H](NC(=O)C(N=O)c3csc(N)n3)[C@@H]2SC1. The second-order valence-electron chi connectivity index (χ2n) is 7.97. The van der Waals surface area contributed by atoms with Gasteiger partial charge in [-0.15, -0.1) is 39.8 Å². The van der Waals surface area contributed by atoms with Crippen molar-refractivity contribution in [3.8, 4) is 0 Å². The Balaban J connectivity index is 1.57. The zero-order valence-electron chi connectivity index (χ0n) is 20.2. The molecule has 39 heavy (non-hydrogen) atoms. The number of nitrogens with one attached hydrogen (secondary N) is 1. The molecule has 0 aliphatic carbocycles. The van der Waals surface area contributed by atoms with Crippen molar-refractivity contribution in [1.29, 1.82) is 0 Å². The van der Waals surface area contributed by atoms with E-state index in [1.807, 2.05) is 6.92 Å². The number of aromatic nitrogens is 2. The lowest BCUT2D eigenvalue weighted by Crippen LogP contribution is -2.70. The van der Waals surface area contributed by atoms with Gasteiger partial charge in [-0.05, 0) is 17.0 Å². The number of thiazole rings is 1. The van der Waals surface area contributed by atoms with Crippen LogP contribution in [0.4, 0.5) is 5.13 Å². The van der Waals surface area contributed by atoms with Crippen LogP contribution in [0.1, 0.15) is 29.6 Å². The zero-order chi connectivity index (χ0) is 28.3. The van der Waals surface area contributed by atoms with Gasteiger partial charge in [0.1, 0.15) is 22.5 Å². The van der Waals surface area contributed by atoms with E-state index in [4.69, 9.17) is 17.2 Å². The van der Waals surface area contributed by atoms with E-state index in [1.54, 1.807) is 18.5 Å². The average Bonchev–Trinajstić information content (AvgIpc) is 3.32. The van der Waals surface area contributed by atoms with Gasteiger partial charge in [-0.1, -0.05) is 18.7 Å². The molecule has 2 aliphatic rings. The Morgan fingerprint density at radius 2 is 2.15 bits per heavy atom. The van der Waals surface area contributed by atoms with Gasteiger partial charge in [0.15, 0.2) is 11.1 Å². The van der Waals surface area contributed by atoms with E-state index in [0.717, 1.165) is 16.2 Å². The van der Waals surface area contributed by atoms with Crippen LogP contribution in [0.5, 0.6) is 0 Å². The monoisotopic (exact) mass is 609 g/mol. The number of hydrogen-bond acceptors (Lipinski definition) is 13. The minimum absolute atomic E-state index is 0.0724. The summed E-state index contributed by atoms with van der Waals surface area (Å²) in [6.45, 7) is 1.95. The van der Waals surface area contributed by atoms with Crippen LogP contribution < -0.4 is 22.5 Å². The highest BCUT2D eigenvalue weighted by molar-refractivity contribution is 8.06. The molecule has 206 valence electrons. The molecule has 4 rings (SSSR count). The molecule has 2 aromatic heterocycles. The number of rotatable bonds is 11. The smallest absolute Gasteiger partial charge is 0.353 e. The van der Waals surface area contributed by atoms with E-state index in [1.165, 1.54) is 40.7 Å². The molecule has 0 radical (unpaired) electrons. The van der Waals surface area contributed by atoms with Crippen LogP contribution in [0, 0.1) is 4.91 Å². The fourth-order valence-electron chi connectivity index (χ4n) is 3.86. The number of hydrogen-bond donors (Lipinski definition) is 5. The highest BCUT2D eigenvalue weighted by atomic mass is 32.2. The number of aliphatic carboxylic acids is 1. The number of nitrogen functional groups attached to an aromatic ring is 1. The number of carbonyl (C=O) groups is 3. The summed E-state index contributed by atoms with van der Waals surface area (Å²) in [6.07, 6.45) is 3.19. The average molecular weight is 610 g/mol. The predicted octanol–water partition coefficient (Wildman–Crippen LogP) is 1.44. The van der Waals surface area contributed by atoms with Crippen LogP contribution >= 0.6 is 46.6 Å². The maximum absolute atomic E-state index is 13.1.